The van der Waals surface area contributed by atoms with Crippen molar-refractivity contribution in [2.45, 2.75) is 18.6 Å². The largest absolute Gasteiger partial charge is 0.465 e. The number of aryl methyl sites for hydroxylation is 1. The number of carbonyl (C=O) groups excluding carboxylic acids is 2. The Bertz CT molecular complexity index is 930. The normalized spacial score (nSPS) is 18.2. The molecular weight excluding hydrogens is 360 g/mol. The molecule has 1 fully saturated rings. The molecule has 0 bridgehead atoms. The first-order valence-corrected chi connectivity index (χ1v) is 9.27. The minimum absolute atomic E-state index is 0.154. The second kappa shape index (κ2) is 8.11. The molecule has 1 amide bonds. The summed E-state index contributed by atoms with van der Waals surface area (Å²) in [5.74, 6) is -0.900. The maximum atomic E-state index is 13.1. The number of ether oxygens (including phenoxy) is 1. The third kappa shape index (κ3) is 3.88. The molecule has 1 heterocycles. The van der Waals surface area contributed by atoms with Crippen molar-refractivity contribution in [3.8, 4) is 6.07 Å². The van der Waals surface area contributed by atoms with Crippen LogP contribution in [0.25, 0.3) is 0 Å². The molecule has 0 aromatic heterocycles. The Kier molecular flexibility index (Phi) is 5.63. The van der Waals surface area contributed by atoms with Crippen molar-refractivity contribution in [3.63, 3.8) is 0 Å². The van der Waals surface area contributed by atoms with E-state index in [1.165, 1.54) is 23.8 Å². The molecule has 0 aliphatic carbocycles. The number of hydrogen-bond acceptors (Lipinski definition) is 5. The highest BCUT2D eigenvalue weighted by atomic mass is 32.2. The quantitative estimate of drug-likeness (QED) is 0.462. The zero-order chi connectivity index (χ0) is 19.4. The summed E-state index contributed by atoms with van der Waals surface area (Å²) in [5.41, 5.74) is 2.63. The van der Waals surface area contributed by atoms with Crippen LogP contribution in [0.2, 0.25) is 0 Å². The van der Waals surface area contributed by atoms with E-state index in [9.17, 15) is 14.9 Å². The first-order valence-electron chi connectivity index (χ1n) is 8.39. The topological polar surface area (TPSA) is 70.4 Å². The van der Waals surface area contributed by atoms with Gasteiger partial charge in [0.1, 0.15) is 11.1 Å². The predicted octanol–water partition coefficient (Wildman–Crippen LogP) is 3.59. The highest BCUT2D eigenvalue weighted by Gasteiger charge is 2.40. The van der Waals surface area contributed by atoms with Crippen LogP contribution in [-0.2, 0) is 20.7 Å². The summed E-state index contributed by atoms with van der Waals surface area (Å²) >= 11 is 1.23. The van der Waals surface area contributed by atoms with Gasteiger partial charge in [-0.15, -0.1) is 0 Å². The molecular formula is C21H18N2O3S. The number of methoxy groups -OCH3 is 1. The number of nitrogens with zero attached hydrogens (tertiary/aromatic N) is 2. The summed E-state index contributed by atoms with van der Waals surface area (Å²) in [6, 6.07) is 18.9. The van der Waals surface area contributed by atoms with E-state index in [1.54, 1.807) is 12.1 Å². The van der Waals surface area contributed by atoms with Crippen molar-refractivity contribution in [3.05, 3.63) is 76.3 Å². The van der Waals surface area contributed by atoms with Gasteiger partial charge in [-0.25, -0.2) is 4.79 Å². The highest BCUT2D eigenvalue weighted by Crippen LogP contribution is 2.41. The molecule has 0 spiro atoms. The fraction of sp³-hybridized carbons (Fsp3) is 0.190. The molecule has 0 radical (unpaired) electrons. The van der Waals surface area contributed by atoms with Gasteiger partial charge in [-0.3, -0.25) is 9.69 Å². The predicted molar refractivity (Wildman–Crippen MR) is 105 cm³/mol. The Labute approximate surface area is 162 Å². The zero-order valence-electron chi connectivity index (χ0n) is 15.0. The monoisotopic (exact) mass is 378 g/mol. The van der Waals surface area contributed by atoms with Crippen molar-refractivity contribution in [1.29, 1.82) is 5.26 Å². The molecule has 1 atom stereocenters. The van der Waals surface area contributed by atoms with Gasteiger partial charge in [0, 0.05) is 5.69 Å². The van der Waals surface area contributed by atoms with Crippen molar-refractivity contribution in [2.24, 2.45) is 0 Å². The van der Waals surface area contributed by atoms with Gasteiger partial charge in [-0.05, 0) is 31.0 Å². The van der Waals surface area contributed by atoms with Crippen molar-refractivity contribution in [1.82, 2.24) is 0 Å². The minimum Gasteiger partial charge on any atom is -0.465 e. The summed E-state index contributed by atoms with van der Waals surface area (Å²) in [5, 5.41) is 9.38. The molecule has 136 valence electrons. The number of thioether (sulfide) groups is 1. The molecule has 1 aliphatic heterocycles. The van der Waals surface area contributed by atoms with Crippen LogP contribution in [0.5, 0.6) is 0 Å². The fourth-order valence-corrected chi connectivity index (χ4v) is 4.12. The molecule has 5 nitrogen and oxygen atoms in total. The number of rotatable bonds is 4. The van der Waals surface area contributed by atoms with Crippen LogP contribution in [0, 0.1) is 18.3 Å². The Morgan fingerprint density at radius 3 is 2.44 bits per heavy atom. The number of amides is 1. The third-order valence-electron chi connectivity index (χ3n) is 4.22. The van der Waals surface area contributed by atoms with E-state index in [0.29, 0.717) is 17.1 Å². The lowest BCUT2D eigenvalue weighted by molar-refractivity contribution is -0.135. The number of esters is 1. The molecule has 0 saturated carbocycles. The van der Waals surface area contributed by atoms with Crippen LogP contribution in [0.15, 0.2) is 65.2 Å². The smallest absolute Gasteiger partial charge is 0.351 e. The van der Waals surface area contributed by atoms with Gasteiger partial charge in [-0.2, -0.15) is 5.26 Å². The van der Waals surface area contributed by atoms with Gasteiger partial charge >= 0.3 is 5.97 Å². The zero-order valence-corrected chi connectivity index (χ0v) is 15.8. The average Bonchev–Trinajstić information content (AvgIpc) is 3.00. The second-order valence-electron chi connectivity index (χ2n) is 6.09. The third-order valence-corrected chi connectivity index (χ3v) is 5.49. The van der Waals surface area contributed by atoms with Gasteiger partial charge in [0.2, 0.25) is 5.91 Å². The molecule has 1 unspecified atom stereocenters. The molecule has 0 N–H and O–H groups in total. The molecule has 2 aromatic rings. The standard InChI is InChI=1S/C21H18N2O3S/c1-14-8-10-15(11-9-14)12-18-19(24)23(16-6-4-3-5-7-16)20(27-18)17(13-22)21(25)26-2/h3-11,18H,12H2,1-2H3. The number of nitriles is 1. The molecule has 3 rings (SSSR count). The van der Waals surface area contributed by atoms with Gasteiger partial charge in [0.25, 0.3) is 0 Å². The number of hydrogen-bond donors (Lipinski definition) is 0. The first-order chi connectivity index (χ1) is 13.0. The SMILES string of the molecule is COC(=O)C(C#N)=C1SC(Cc2ccc(C)cc2)C(=O)N1c1ccccc1. The lowest BCUT2D eigenvalue weighted by Gasteiger charge is -2.18. The lowest BCUT2D eigenvalue weighted by atomic mass is 10.1. The van der Waals surface area contributed by atoms with E-state index < -0.39 is 11.2 Å². The van der Waals surface area contributed by atoms with Gasteiger partial charge in [-0.1, -0.05) is 59.8 Å². The van der Waals surface area contributed by atoms with Crippen LogP contribution in [0.1, 0.15) is 11.1 Å². The molecule has 27 heavy (non-hydrogen) atoms. The summed E-state index contributed by atoms with van der Waals surface area (Å²) < 4.78 is 4.73. The van der Waals surface area contributed by atoms with Crippen molar-refractivity contribution in [2.75, 3.05) is 12.0 Å². The van der Waals surface area contributed by atoms with Crippen LogP contribution in [0.4, 0.5) is 5.69 Å². The Morgan fingerprint density at radius 2 is 1.85 bits per heavy atom. The van der Waals surface area contributed by atoms with Crippen LogP contribution >= 0.6 is 11.8 Å². The summed E-state index contributed by atoms with van der Waals surface area (Å²) in [6.07, 6.45) is 0.510. The number of benzene rings is 2. The van der Waals surface area contributed by atoms with E-state index in [-0.39, 0.29) is 11.5 Å². The number of para-hydroxylation sites is 1. The fourth-order valence-electron chi connectivity index (χ4n) is 2.82. The Balaban J connectivity index is 2.02. The minimum atomic E-state index is -0.746. The molecule has 6 heteroatoms. The van der Waals surface area contributed by atoms with Gasteiger partial charge < -0.3 is 4.74 Å². The maximum Gasteiger partial charge on any atom is 0.351 e. The summed E-state index contributed by atoms with van der Waals surface area (Å²) in [6.45, 7) is 2.01. The summed E-state index contributed by atoms with van der Waals surface area (Å²) in [4.78, 5) is 26.6. The molecule has 2 aromatic carbocycles. The van der Waals surface area contributed by atoms with E-state index in [1.807, 2.05) is 55.5 Å². The highest BCUT2D eigenvalue weighted by molar-refractivity contribution is 8.05. The van der Waals surface area contributed by atoms with E-state index in [4.69, 9.17) is 4.74 Å². The van der Waals surface area contributed by atoms with Crippen molar-refractivity contribution < 1.29 is 14.3 Å². The van der Waals surface area contributed by atoms with Gasteiger partial charge in [0.05, 0.1) is 12.4 Å². The van der Waals surface area contributed by atoms with Crippen molar-refractivity contribution >= 4 is 29.3 Å². The Morgan fingerprint density at radius 1 is 1.19 bits per heavy atom. The molecule has 1 aliphatic rings. The van der Waals surface area contributed by atoms with Gasteiger partial charge in [0.15, 0.2) is 5.57 Å². The van der Waals surface area contributed by atoms with E-state index in [0.717, 1.165) is 11.1 Å². The van der Waals surface area contributed by atoms with E-state index >= 15 is 0 Å². The second-order valence-corrected chi connectivity index (χ2v) is 7.28. The average molecular weight is 378 g/mol. The Hall–Kier alpha value is -3.04. The van der Waals surface area contributed by atoms with E-state index in [2.05, 4.69) is 0 Å². The maximum absolute atomic E-state index is 13.1. The number of anilines is 1. The first kappa shape index (κ1) is 18.7. The molecule has 1 saturated heterocycles. The van der Waals surface area contributed by atoms with Crippen LogP contribution in [-0.4, -0.2) is 24.2 Å². The van der Waals surface area contributed by atoms with Crippen LogP contribution < -0.4 is 4.90 Å². The van der Waals surface area contributed by atoms with Crippen LogP contribution in [0.3, 0.4) is 0 Å². The number of carbonyl (C=O) groups is 2. The lowest BCUT2D eigenvalue weighted by Crippen LogP contribution is -2.30. The summed E-state index contributed by atoms with van der Waals surface area (Å²) in [7, 11) is 1.22.